The van der Waals surface area contributed by atoms with Crippen LogP contribution in [0.15, 0.2) is 33.9 Å². The van der Waals surface area contributed by atoms with Gasteiger partial charge in [0.2, 0.25) is 11.8 Å². The van der Waals surface area contributed by atoms with Gasteiger partial charge in [-0.05, 0) is 37.3 Å². The number of piperidine rings is 1. The number of nitrogens with zero attached hydrogens (tertiary/aromatic N) is 4. The van der Waals surface area contributed by atoms with E-state index in [2.05, 4.69) is 16.3 Å². The summed E-state index contributed by atoms with van der Waals surface area (Å²) in [6.07, 6.45) is 3.11. The Morgan fingerprint density at radius 3 is 2.94 bits per heavy atom. The number of sulfone groups is 1. The van der Waals surface area contributed by atoms with Crippen LogP contribution in [0.4, 0.5) is 0 Å². The molecule has 8 nitrogen and oxygen atoms in total. The number of benzene rings is 1. The molecule has 2 saturated heterocycles. The van der Waals surface area contributed by atoms with Crippen molar-refractivity contribution in [2.45, 2.75) is 36.8 Å². The van der Waals surface area contributed by atoms with E-state index in [1.54, 1.807) is 11.3 Å². The van der Waals surface area contributed by atoms with Crippen LogP contribution in [-0.2, 0) is 21.1 Å². The lowest BCUT2D eigenvalue weighted by atomic mass is 9.99. The van der Waals surface area contributed by atoms with Gasteiger partial charge in [-0.3, -0.25) is 4.79 Å². The number of amides is 1. The molecule has 0 aliphatic carbocycles. The van der Waals surface area contributed by atoms with E-state index in [1.807, 2.05) is 23.1 Å². The third-order valence-corrected chi connectivity index (χ3v) is 9.83. The summed E-state index contributed by atoms with van der Waals surface area (Å²) >= 11 is 2.96. The average molecular weight is 493 g/mol. The van der Waals surface area contributed by atoms with Crippen LogP contribution in [0.1, 0.15) is 36.1 Å². The van der Waals surface area contributed by atoms with Crippen LogP contribution in [0.25, 0.3) is 10.2 Å². The zero-order valence-corrected chi connectivity index (χ0v) is 19.9. The molecular weight excluding hydrogens is 468 g/mol. The Labute approximate surface area is 194 Å². The fourth-order valence-electron chi connectivity index (χ4n) is 4.34. The maximum absolute atomic E-state index is 12.8. The van der Waals surface area contributed by atoms with E-state index in [-0.39, 0.29) is 35.0 Å². The molecule has 4 heterocycles. The number of para-hydroxylation sites is 1. The summed E-state index contributed by atoms with van der Waals surface area (Å²) in [6, 6.07) is 8.14. The Balaban J connectivity index is 1.14. The van der Waals surface area contributed by atoms with Crippen molar-refractivity contribution in [2.75, 3.05) is 30.3 Å². The highest BCUT2D eigenvalue weighted by Gasteiger charge is 2.30. The third-order valence-electron chi connectivity index (χ3n) is 5.99. The van der Waals surface area contributed by atoms with Crippen molar-refractivity contribution >= 4 is 49.1 Å². The molecule has 2 aromatic heterocycles. The number of carbonyl (C=O) groups excluding carboxylic acids is 1. The van der Waals surface area contributed by atoms with Crippen LogP contribution in [0.2, 0.25) is 0 Å². The van der Waals surface area contributed by atoms with Gasteiger partial charge in [0.25, 0.3) is 5.22 Å². The van der Waals surface area contributed by atoms with Crippen molar-refractivity contribution in [3.63, 3.8) is 0 Å². The molecule has 0 bridgehead atoms. The average Bonchev–Trinajstić information content (AvgIpc) is 3.50. The topological polar surface area (TPSA) is 106 Å². The molecule has 11 heteroatoms. The summed E-state index contributed by atoms with van der Waals surface area (Å²) in [5, 5.41) is 9.50. The number of carbonyl (C=O) groups is 1. The van der Waals surface area contributed by atoms with Crippen LogP contribution in [0.3, 0.4) is 0 Å². The van der Waals surface area contributed by atoms with Gasteiger partial charge >= 0.3 is 0 Å². The number of likely N-dealkylation sites (tertiary alicyclic amines) is 1. The fourth-order valence-corrected chi connectivity index (χ4v) is 7.98. The first kappa shape index (κ1) is 21.8. The van der Waals surface area contributed by atoms with Gasteiger partial charge < -0.3 is 9.32 Å². The molecule has 5 rings (SSSR count). The zero-order chi connectivity index (χ0) is 22.1. The summed E-state index contributed by atoms with van der Waals surface area (Å²) in [5.41, 5.74) is 1.02. The van der Waals surface area contributed by atoms with Crippen molar-refractivity contribution in [1.29, 1.82) is 0 Å². The summed E-state index contributed by atoms with van der Waals surface area (Å²) in [4.78, 5) is 19.5. The van der Waals surface area contributed by atoms with Crippen molar-refractivity contribution in [1.82, 2.24) is 20.1 Å². The first-order valence-electron chi connectivity index (χ1n) is 10.7. The highest BCUT2D eigenvalue weighted by molar-refractivity contribution is 7.99. The molecule has 3 aromatic rings. The normalized spacial score (nSPS) is 23.1. The molecule has 2 aliphatic heterocycles. The molecule has 1 amide bonds. The lowest BCUT2D eigenvalue weighted by Gasteiger charge is -2.31. The van der Waals surface area contributed by atoms with Crippen molar-refractivity contribution in [3.05, 3.63) is 35.2 Å². The molecule has 0 N–H and O–H groups in total. The molecule has 0 radical (unpaired) electrons. The summed E-state index contributed by atoms with van der Waals surface area (Å²) in [6.45, 7) is 1.44. The molecule has 0 saturated carbocycles. The first-order valence-corrected chi connectivity index (χ1v) is 14.4. The number of hydrogen-bond donors (Lipinski definition) is 0. The van der Waals surface area contributed by atoms with Gasteiger partial charge in [-0.2, -0.15) is 0 Å². The van der Waals surface area contributed by atoms with E-state index in [0.717, 1.165) is 29.9 Å². The number of aromatic nitrogens is 3. The number of thiazole rings is 1. The lowest BCUT2D eigenvalue weighted by molar-refractivity contribution is -0.129. The molecule has 2 atom stereocenters. The van der Waals surface area contributed by atoms with Crippen LogP contribution < -0.4 is 0 Å². The second-order valence-corrected chi connectivity index (χ2v) is 12.6. The standard InChI is InChI=1S/C21H24N4O4S3/c26-19(12-30-21-24-23-18(29-21)10-14-7-9-32(27,28)13-14)25-8-3-4-15(11-25)20-22-16-5-1-2-6-17(16)31-20/h1-2,5-6,14-15H,3-4,7-13H2/t14-,15-/m0/s1. The minimum atomic E-state index is -2.92. The van der Waals surface area contributed by atoms with E-state index in [4.69, 9.17) is 9.40 Å². The molecule has 32 heavy (non-hydrogen) atoms. The van der Waals surface area contributed by atoms with Crippen LogP contribution in [-0.4, -0.2) is 64.8 Å². The summed E-state index contributed by atoms with van der Waals surface area (Å²) in [5.74, 6) is 1.46. The van der Waals surface area contributed by atoms with Gasteiger partial charge in [0.15, 0.2) is 9.84 Å². The molecule has 2 fully saturated rings. The van der Waals surface area contributed by atoms with Crippen molar-refractivity contribution in [3.8, 4) is 0 Å². The SMILES string of the molecule is O=C(CSc1nnc(C[C@@H]2CCS(=O)(=O)C2)o1)N1CCC[C@H](c2nc3ccccc3s2)C1. The highest BCUT2D eigenvalue weighted by Crippen LogP contribution is 2.33. The second-order valence-electron chi connectivity index (χ2n) is 8.42. The van der Waals surface area contributed by atoms with Crippen molar-refractivity contribution in [2.24, 2.45) is 5.92 Å². The van der Waals surface area contributed by atoms with Crippen LogP contribution >= 0.6 is 23.1 Å². The smallest absolute Gasteiger partial charge is 0.277 e. The Bertz CT molecular complexity index is 1190. The van der Waals surface area contributed by atoms with Gasteiger partial charge in [-0.1, -0.05) is 23.9 Å². The zero-order valence-electron chi connectivity index (χ0n) is 17.5. The maximum atomic E-state index is 12.8. The van der Waals surface area contributed by atoms with E-state index >= 15 is 0 Å². The quantitative estimate of drug-likeness (QED) is 0.483. The Morgan fingerprint density at radius 1 is 1.25 bits per heavy atom. The van der Waals surface area contributed by atoms with E-state index in [9.17, 15) is 13.2 Å². The van der Waals surface area contributed by atoms with Gasteiger partial charge in [0.05, 0.1) is 32.5 Å². The summed E-state index contributed by atoms with van der Waals surface area (Å²) < 4.78 is 30.0. The van der Waals surface area contributed by atoms with E-state index < -0.39 is 9.84 Å². The van der Waals surface area contributed by atoms with E-state index in [1.165, 1.54) is 16.5 Å². The summed E-state index contributed by atoms with van der Waals surface area (Å²) in [7, 11) is -2.92. The predicted molar refractivity (Wildman–Crippen MR) is 124 cm³/mol. The van der Waals surface area contributed by atoms with Gasteiger partial charge in [0, 0.05) is 25.4 Å². The molecular formula is C21H24N4O4S3. The maximum Gasteiger partial charge on any atom is 0.277 e. The second kappa shape index (κ2) is 9.11. The van der Waals surface area contributed by atoms with E-state index in [0.29, 0.717) is 30.5 Å². The Morgan fingerprint density at radius 2 is 2.12 bits per heavy atom. The molecule has 0 unspecified atom stereocenters. The van der Waals surface area contributed by atoms with Crippen molar-refractivity contribution < 1.29 is 17.6 Å². The first-order chi connectivity index (χ1) is 15.4. The van der Waals surface area contributed by atoms with Crippen LogP contribution in [0, 0.1) is 5.92 Å². The largest absolute Gasteiger partial charge is 0.416 e. The third kappa shape index (κ3) is 4.99. The molecule has 2 aliphatic rings. The molecule has 0 spiro atoms. The minimum Gasteiger partial charge on any atom is -0.416 e. The Kier molecular flexibility index (Phi) is 6.22. The van der Waals surface area contributed by atoms with Crippen LogP contribution in [0.5, 0.6) is 0 Å². The number of hydrogen-bond acceptors (Lipinski definition) is 9. The number of fused-ring (bicyclic) bond motifs is 1. The number of thioether (sulfide) groups is 1. The molecule has 170 valence electrons. The molecule has 1 aromatic carbocycles. The Hall–Kier alpha value is -1.98. The highest BCUT2D eigenvalue weighted by atomic mass is 32.2. The van der Waals surface area contributed by atoms with Gasteiger partial charge in [-0.15, -0.1) is 21.5 Å². The number of rotatable bonds is 6. The minimum absolute atomic E-state index is 0.0349. The predicted octanol–water partition coefficient (Wildman–Crippen LogP) is 3.15. The fraction of sp³-hybridized carbons (Fsp3) is 0.524. The monoisotopic (exact) mass is 492 g/mol. The van der Waals surface area contributed by atoms with Gasteiger partial charge in [0.1, 0.15) is 0 Å². The van der Waals surface area contributed by atoms with Gasteiger partial charge in [-0.25, -0.2) is 13.4 Å². The lowest BCUT2D eigenvalue weighted by Crippen LogP contribution is -2.40.